The van der Waals surface area contributed by atoms with Crippen molar-refractivity contribution in [2.24, 2.45) is 0 Å². The molecule has 0 fully saturated rings. The van der Waals surface area contributed by atoms with E-state index >= 15 is 0 Å². The number of unbranched alkanes of at least 4 members (excludes halogenated alkanes) is 2. The lowest BCUT2D eigenvalue weighted by atomic mass is 10.0. The summed E-state index contributed by atoms with van der Waals surface area (Å²) in [5.74, 6) is 1.82. The lowest BCUT2D eigenvalue weighted by Crippen LogP contribution is -1.92. The molecule has 0 radical (unpaired) electrons. The summed E-state index contributed by atoms with van der Waals surface area (Å²) in [4.78, 5) is 0. The number of hydrogen-bond donors (Lipinski definition) is 0. The lowest BCUT2D eigenvalue weighted by molar-refractivity contribution is 0.623. The van der Waals surface area contributed by atoms with E-state index in [0.717, 1.165) is 24.8 Å². The quantitative estimate of drug-likeness (QED) is 0.531. The van der Waals surface area contributed by atoms with E-state index in [1.54, 1.807) is 12.1 Å². The lowest BCUT2D eigenvalue weighted by Gasteiger charge is -2.04. The topological polar surface area (TPSA) is 0 Å². The maximum Gasteiger partial charge on any atom is 0.157 e. The van der Waals surface area contributed by atoms with Gasteiger partial charge in [0.15, 0.2) is 5.82 Å². The normalized spacial score (nSPS) is 10.0. The molecule has 0 N–H and O–H groups in total. The highest BCUT2D eigenvalue weighted by Gasteiger charge is 2.07. The molecule has 1 rings (SSSR count). The summed E-state index contributed by atoms with van der Waals surface area (Å²) < 4.78 is 13.3. The number of aryl methyl sites for hydroxylation is 1. The van der Waals surface area contributed by atoms with Crippen LogP contribution < -0.4 is 0 Å². The van der Waals surface area contributed by atoms with Gasteiger partial charge in [-0.1, -0.05) is 37.3 Å². The molecule has 80 valence electrons. The molecule has 0 heterocycles. The molecule has 0 nitrogen and oxygen atoms in total. The molecule has 0 amide bonds. The molecule has 0 saturated heterocycles. The van der Waals surface area contributed by atoms with Gasteiger partial charge in [-0.3, -0.25) is 0 Å². The van der Waals surface area contributed by atoms with Crippen molar-refractivity contribution < 1.29 is 4.39 Å². The van der Waals surface area contributed by atoms with Gasteiger partial charge in [0.1, 0.15) is 0 Å². The van der Waals surface area contributed by atoms with E-state index in [2.05, 4.69) is 12.8 Å². The molecule has 0 aliphatic heterocycles. The Bertz CT molecular complexity index is 377. The van der Waals surface area contributed by atoms with Crippen molar-refractivity contribution in [3.8, 4) is 12.3 Å². The Labute approximate surface area is 95.5 Å². The Morgan fingerprint density at radius 2 is 2.13 bits per heavy atom. The second-order valence-corrected chi connectivity index (χ2v) is 3.95. The maximum atomic E-state index is 13.3. The molecule has 0 spiro atoms. The van der Waals surface area contributed by atoms with Crippen molar-refractivity contribution in [2.45, 2.75) is 32.6 Å². The minimum atomic E-state index is -0.488. The largest absolute Gasteiger partial charge is 0.204 e. The van der Waals surface area contributed by atoms with Gasteiger partial charge in [0, 0.05) is 0 Å². The van der Waals surface area contributed by atoms with E-state index in [1.165, 1.54) is 6.42 Å². The molecule has 15 heavy (non-hydrogen) atoms. The first kappa shape index (κ1) is 12.1. The molecule has 1 aromatic rings. The van der Waals surface area contributed by atoms with Crippen LogP contribution in [0.2, 0.25) is 5.02 Å². The van der Waals surface area contributed by atoms with Crippen molar-refractivity contribution in [2.75, 3.05) is 0 Å². The summed E-state index contributed by atoms with van der Waals surface area (Å²) in [6.07, 6.45) is 9.52. The third-order valence-corrected chi connectivity index (χ3v) is 2.59. The zero-order chi connectivity index (χ0) is 11.3. The SMILES string of the molecule is C#Cc1cc(CCCCC)cc(Cl)c1F. The summed E-state index contributed by atoms with van der Waals surface area (Å²) in [5.41, 5.74) is 1.27. The fourth-order valence-electron chi connectivity index (χ4n) is 1.47. The summed E-state index contributed by atoms with van der Waals surface area (Å²) in [6, 6.07) is 3.37. The van der Waals surface area contributed by atoms with E-state index in [0.29, 0.717) is 0 Å². The first-order valence-corrected chi connectivity index (χ1v) is 5.51. The van der Waals surface area contributed by atoms with Crippen molar-refractivity contribution in [1.29, 1.82) is 0 Å². The first-order valence-electron chi connectivity index (χ1n) is 5.13. The monoisotopic (exact) mass is 224 g/mol. The van der Waals surface area contributed by atoms with E-state index in [1.807, 2.05) is 0 Å². The molecule has 0 bridgehead atoms. The minimum Gasteiger partial charge on any atom is -0.204 e. The Morgan fingerprint density at radius 1 is 1.40 bits per heavy atom. The number of halogens is 2. The smallest absolute Gasteiger partial charge is 0.157 e. The average Bonchev–Trinajstić information content (AvgIpc) is 2.23. The molecule has 0 atom stereocenters. The van der Waals surface area contributed by atoms with Gasteiger partial charge in [0.25, 0.3) is 0 Å². The van der Waals surface area contributed by atoms with Crippen LogP contribution in [0, 0.1) is 18.2 Å². The molecule has 0 unspecified atom stereocenters. The van der Waals surface area contributed by atoms with Crippen molar-refractivity contribution >= 4 is 11.6 Å². The van der Waals surface area contributed by atoms with Crippen LogP contribution >= 0.6 is 11.6 Å². The molecule has 0 saturated carbocycles. The van der Waals surface area contributed by atoms with Crippen LogP contribution in [0.5, 0.6) is 0 Å². The van der Waals surface area contributed by atoms with Crippen LogP contribution in [0.3, 0.4) is 0 Å². The maximum absolute atomic E-state index is 13.3. The Morgan fingerprint density at radius 3 is 2.73 bits per heavy atom. The molecule has 2 heteroatoms. The average molecular weight is 225 g/mol. The van der Waals surface area contributed by atoms with Gasteiger partial charge in [-0.05, 0) is 30.5 Å². The highest BCUT2D eigenvalue weighted by Crippen LogP contribution is 2.21. The zero-order valence-corrected chi connectivity index (χ0v) is 9.57. The van der Waals surface area contributed by atoms with Crippen molar-refractivity contribution in [1.82, 2.24) is 0 Å². The van der Waals surface area contributed by atoms with Crippen LogP contribution in [0.4, 0.5) is 4.39 Å². The third kappa shape index (κ3) is 3.25. The molecule has 0 aliphatic rings. The number of rotatable bonds is 4. The van der Waals surface area contributed by atoms with Gasteiger partial charge < -0.3 is 0 Å². The predicted octanol–water partition coefficient (Wildman–Crippen LogP) is 4.19. The van der Waals surface area contributed by atoms with Gasteiger partial charge in [-0.2, -0.15) is 0 Å². The highest BCUT2D eigenvalue weighted by molar-refractivity contribution is 6.30. The van der Waals surface area contributed by atoms with E-state index in [9.17, 15) is 4.39 Å². The van der Waals surface area contributed by atoms with Gasteiger partial charge in [-0.25, -0.2) is 4.39 Å². The number of terminal acetylenes is 1. The van der Waals surface area contributed by atoms with Gasteiger partial charge in [0.2, 0.25) is 0 Å². The Kier molecular flexibility index (Phi) is 4.65. The first-order chi connectivity index (χ1) is 7.19. The molecule has 1 aromatic carbocycles. The van der Waals surface area contributed by atoms with E-state index < -0.39 is 5.82 Å². The van der Waals surface area contributed by atoms with E-state index in [-0.39, 0.29) is 10.6 Å². The summed E-state index contributed by atoms with van der Waals surface area (Å²) in [5, 5.41) is 0.122. The van der Waals surface area contributed by atoms with Crippen molar-refractivity contribution in [3.63, 3.8) is 0 Å². The Balaban J connectivity index is 2.83. The van der Waals surface area contributed by atoms with Gasteiger partial charge in [0.05, 0.1) is 10.6 Å². The Hall–Kier alpha value is -1.00. The molecule has 0 aromatic heterocycles. The standard InChI is InChI=1S/C13H14ClF/c1-3-5-6-7-10-8-11(4-2)13(15)12(14)9-10/h2,8-9H,3,5-7H2,1H3. The summed E-state index contributed by atoms with van der Waals surface area (Å²) in [6.45, 7) is 2.14. The fourth-order valence-corrected chi connectivity index (χ4v) is 1.72. The summed E-state index contributed by atoms with van der Waals surface area (Å²) >= 11 is 5.74. The van der Waals surface area contributed by atoms with Crippen LogP contribution in [0.15, 0.2) is 12.1 Å². The zero-order valence-electron chi connectivity index (χ0n) is 8.82. The van der Waals surface area contributed by atoms with Crippen LogP contribution in [-0.4, -0.2) is 0 Å². The van der Waals surface area contributed by atoms with Crippen LogP contribution in [-0.2, 0) is 6.42 Å². The van der Waals surface area contributed by atoms with Crippen LogP contribution in [0.1, 0.15) is 37.3 Å². The third-order valence-electron chi connectivity index (χ3n) is 2.31. The fraction of sp³-hybridized carbons (Fsp3) is 0.385. The molecular weight excluding hydrogens is 211 g/mol. The molecule has 0 aliphatic carbocycles. The highest BCUT2D eigenvalue weighted by atomic mass is 35.5. The number of hydrogen-bond acceptors (Lipinski definition) is 0. The van der Waals surface area contributed by atoms with E-state index in [4.69, 9.17) is 18.0 Å². The minimum absolute atomic E-state index is 0.122. The predicted molar refractivity (Wildman–Crippen MR) is 62.6 cm³/mol. The summed E-state index contributed by atoms with van der Waals surface area (Å²) in [7, 11) is 0. The van der Waals surface area contributed by atoms with Gasteiger partial charge in [-0.15, -0.1) is 6.42 Å². The van der Waals surface area contributed by atoms with Crippen LogP contribution in [0.25, 0.3) is 0 Å². The van der Waals surface area contributed by atoms with Crippen molar-refractivity contribution in [3.05, 3.63) is 34.1 Å². The second-order valence-electron chi connectivity index (χ2n) is 3.54. The second kappa shape index (κ2) is 5.78. The molecular formula is C13H14ClF. The number of benzene rings is 1. The van der Waals surface area contributed by atoms with Gasteiger partial charge >= 0.3 is 0 Å².